The molecule has 0 aliphatic heterocycles. The van der Waals surface area contributed by atoms with E-state index in [1.807, 2.05) is 41.8 Å². The first-order valence-electron chi connectivity index (χ1n) is 11.2. The number of nitrogens with zero attached hydrogens (tertiary/aromatic N) is 4. The first kappa shape index (κ1) is 24.4. The second kappa shape index (κ2) is 10.3. The molecule has 0 bridgehead atoms. The zero-order chi connectivity index (χ0) is 24.3. The Bertz CT molecular complexity index is 1280. The molecular formula is C24H29N5O3S2. The highest BCUT2D eigenvalue weighted by atomic mass is 32.2. The van der Waals surface area contributed by atoms with Crippen molar-refractivity contribution in [1.82, 2.24) is 24.4 Å². The number of benzene rings is 2. The second-order valence-electron chi connectivity index (χ2n) is 8.63. The Hall–Kier alpha value is -2.69. The van der Waals surface area contributed by atoms with Gasteiger partial charge in [0.25, 0.3) is 0 Å². The first-order chi connectivity index (χ1) is 16.3. The summed E-state index contributed by atoms with van der Waals surface area (Å²) < 4.78 is 28.4. The topological polar surface area (TPSA) is 97.2 Å². The Labute approximate surface area is 204 Å². The van der Waals surface area contributed by atoms with Gasteiger partial charge in [-0.3, -0.25) is 9.36 Å². The molecule has 0 atom stereocenters. The van der Waals surface area contributed by atoms with Gasteiger partial charge in [-0.25, -0.2) is 12.7 Å². The lowest BCUT2D eigenvalue weighted by Gasteiger charge is -2.14. The van der Waals surface area contributed by atoms with E-state index in [1.54, 1.807) is 18.2 Å². The molecule has 0 radical (unpaired) electrons. The van der Waals surface area contributed by atoms with Crippen LogP contribution in [-0.4, -0.2) is 59.3 Å². The van der Waals surface area contributed by atoms with Gasteiger partial charge in [-0.2, -0.15) is 0 Å². The summed E-state index contributed by atoms with van der Waals surface area (Å²) >= 11 is 1.32. The van der Waals surface area contributed by atoms with Crippen molar-refractivity contribution in [3.05, 3.63) is 54.1 Å². The molecule has 1 saturated carbocycles. The van der Waals surface area contributed by atoms with Gasteiger partial charge >= 0.3 is 0 Å². The fourth-order valence-corrected chi connectivity index (χ4v) is 5.74. The number of sulfonamides is 1. The maximum absolute atomic E-state index is 12.7. The molecule has 34 heavy (non-hydrogen) atoms. The highest BCUT2D eigenvalue weighted by Crippen LogP contribution is 2.30. The number of aromatic nitrogens is 3. The smallest absolute Gasteiger partial charge is 0.242 e. The Morgan fingerprint density at radius 1 is 1.12 bits per heavy atom. The highest BCUT2D eigenvalue weighted by Gasteiger charge is 2.22. The van der Waals surface area contributed by atoms with Crippen molar-refractivity contribution in [2.45, 2.75) is 48.7 Å². The molecular weight excluding hydrogens is 470 g/mol. The monoisotopic (exact) mass is 499 g/mol. The van der Waals surface area contributed by atoms with Crippen molar-refractivity contribution < 1.29 is 13.2 Å². The van der Waals surface area contributed by atoms with E-state index in [9.17, 15) is 13.2 Å². The quantitative estimate of drug-likeness (QED) is 0.475. The number of amides is 1. The third-order valence-corrected chi connectivity index (χ3v) is 8.56. The number of aryl methyl sites for hydroxylation is 1. The van der Waals surface area contributed by atoms with Crippen LogP contribution in [0.25, 0.3) is 17.1 Å². The maximum atomic E-state index is 12.7. The van der Waals surface area contributed by atoms with Crippen molar-refractivity contribution in [2.75, 3.05) is 19.8 Å². The number of hydrogen-bond donors (Lipinski definition) is 1. The lowest BCUT2D eigenvalue weighted by atomic mass is 10.2. The van der Waals surface area contributed by atoms with Gasteiger partial charge in [-0.15, -0.1) is 10.2 Å². The van der Waals surface area contributed by atoms with Crippen molar-refractivity contribution in [1.29, 1.82) is 0 Å². The third-order valence-electron chi connectivity index (χ3n) is 5.82. The predicted molar refractivity (Wildman–Crippen MR) is 134 cm³/mol. The van der Waals surface area contributed by atoms with E-state index in [2.05, 4.69) is 15.5 Å². The molecule has 1 fully saturated rings. The van der Waals surface area contributed by atoms with Gasteiger partial charge in [-0.05, 0) is 49.6 Å². The van der Waals surface area contributed by atoms with Crippen LogP contribution < -0.4 is 5.32 Å². The van der Waals surface area contributed by atoms with Crippen LogP contribution >= 0.6 is 11.8 Å². The van der Waals surface area contributed by atoms with Crippen LogP contribution in [0.15, 0.2) is 58.6 Å². The van der Waals surface area contributed by atoms with Crippen molar-refractivity contribution in [3.8, 4) is 17.1 Å². The van der Waals surface area contributed by atoms with Crippen LogP contribution in [0, 0.1) is 6.92 Å². The van der Waals surface area contributed by atoms with Gasteiger partial charge < -0.3 is 5.32 Å². The number of rotatable bonds is 8. The summed E-state index contributed by atoms with van der Waals surface area (Å²) in [4.78, 5) is 12.7. The summed E-state index contributed by atoms with van der Waals surface area (Å²) in [6, 6.07) is 14.8. The molecule has 0 unspecified atom stereocenters. The lowest BCUT2D eigenvalue weighted by Crippen LogP contribution is -2.33. The minimum atomic E-state index is -3.60. The average molecular weight is 500 g/mol. The van der Waals surface area contributed by atoms with E-state index in [0.717, 1.165) is 36.9 Å². The van der Waals surface area contributed by atoms with Gasteiger partial charge in [-0.1, -0.05) is 48.9 Å². The zero-order valence-corrected chi connectivity index (χ0v) is 21.2. The van der Waals surface area contributed by atoms with E-state index in [1.165, 1.54) is 30.2 Å². The number of hydrogen-bond acceptors (Lipinski definition) is 6. The van der Waals surface area contributed by atoms with Crippen LogP contribution in [0.1, 0.15) is 31.2 Å². The molecule has 1 heterocycles. The Morgan fingerprint density at radius 2 is 1.85 bits per heavy atom. The molecule has 1 aliphatic carbocycles. The average Bonchev–Trinajstić information content (AvgIpc) is 3.47. The summed E-state index contributed by atoms with van der Waals surface area (Å²) in [5.41, 5.74) is 2.54. The number of nitrogens with one attached hydrogen (secondary N) is 1. The number of carbonyl (C=O) groups is 1. The Balaban J connectivity index is 1.68. The Kier molecular flexibility index (Phi) is 7.39. The molecule has 0 saturated heterocycles. The normalized spacial score (nSPS) is 14.6. The molecule has 0 spiro atoms. The lowest BCUT2D eigenvalue weighted by molar-refractivity contribution is -0.119. The molecule has 180 valence electrons. The second-order valence-corrected chi connectivity index (χ2v) is 11.7. The van der Waals surface area contributed by atoms with Crippen LogP contribution in [-0.2, 0) is 14.8 Å². The summed E-state index contributed by atoms with van der Waals surface area (Å²) in [5, 5.41) is 12.4. The summed E-state index contributed by atoms with van der Waals surface area (Å²) in [5.74, 6) is 0.728. The van der Waals surface area contributed by atoms with Crippen molar-refractivity contribution in [2.24, 2.45) is 0 Å². The molecule has 2 aromatic carbocycles. The molecule has 4 rings (SSSR count). The van der Waals surface area contributed by atoms with Crippen LogP contribution in [0.4, 0.5) is 0 Å². The molecule has 1 aromatic heterocycles. The van der Waals surface area contributed by atoms with E-state index in [0.29, 0.717) is 16.5 Å². The molecule has 3 aromatic rings. The largest absolute Gasteiger partial charge is 0.353 e. The minimum Gasteiger partial charge on any atom is -0.353 e. The van der Waals surface area contributed by atoms with E-state index >= 15 is 0 Å². The van der Waals surface area contributed by atoms with Gasteiger partial charge in [0.1, 0.15) is 0 Å². The number of thioether (sulfide) groups is 1. The third kappa shape index (κ3) is 5.34. The Morgan fingerprint density at radius 3 is 2.56 bits per heavy atom. The van der Waals surface area contributed by atoms with Gasteiger partial charge in [0, 0.05) is 31.4 Å². The van der Waals surface area contributed by atoms with Crippen molar-refractivity contribution >= 4 is 27.7 Å². The molecule has 10 heteroatoms. The first-order valence-corrected chi connectivity index (χ1v) is 13.7. The maximum Gasteiger partial charge on any atom is 0.242 e. The van der Waals surface area contributed by atoms with Gasteiger partial charge in [0.05, 0.1) is 10.6 Å². The zero-order valence-electron chi connectivity index (χ0n) is 19.6. The number of carbonyl (C=O) groups excluding carboxylic acids is 1. The van der Waals surface area contributed by atoms with Crippen LogP contribution in [0.5, 0.6) is 0 Å². The molecule has 1 N–H and O–H groups in total. The highest BCUT2D eigenvalue weighted by molar-refractivity contribution is 7.99. The molecule has 8 nitrogen and oxygen atoms in total. The van der Waals surface area contributed by atoms with E-state index in [4.69, 9.17) is 0 Å². The van der Waals surface area contributed by atoms with E-state index < -0.39 is 10.0 Å². The molecule has 1 aliphatic rings. The fraction of sp³-hybridized carbons (Fsp3) is 0.375. The van der Waals surface area contributed by atoms with E-state index in [-0.39, 0.29) is 22.6 Å². The summed E-state index contributed by atoms with van der Waals surface area (Å²) in [6.07, 6.45) is 4.38. The SMILES string of the molecule is Cc1cccc(-n2c(SCC(=O)NC3CCCC3)nnc2-c2cccc(S(=O)(=O)N(C)C)c2)c1. The van der Waals surface area contributed by atoms with Crippen LogP contribution in [0.3, 0.4) is 0 Å². The summed E-state index contributed by atoms with van der Waals surface area (Å²) in [7, 11) is -0.595. The molecule has 1 amide bonds. The van der Waals surface area contributed by atoms with Gasteiger partial charge in [0.15, 0.2) is 11.0 Å². The standard InChI is InChI=1S/C24H29N5O3S2/c1-17-8-6-12-20(14-17)29-23(18-9-7-13-21(15-18)34(31,32)28(2)3)26-27-24(29)33-16-22(30)25-19-10-4-5-11-19/h6-9,12-15,19H,4-5,10-11,16H2,1-3H3,(H,25,30). The predicted octanol–water partition coefficient (Wildman–Crippen LogP) is 3.64. The fourth-order valence-electron chi connectivity index (χ4n) is 4.03. The summed E-state index contributed by atoms with van der Waals surface area (Å²) in [6.45, 7) is 2.00. The van der Waals surface area contributed by atoms with Crippen molar-refractivity contribution in [3.63, 3.8) is 0 Å². The van der Waals surface area contributed by atoms with Gasteiger partial charge in [0.2, 0.25) is 15.9 Å². The van der Waals surface area contributed by atoms with Crippen LogP contribution in [0.2, 0.25) is 0 Å². The minimum absolute atomic E-state index is 0.0173.